The van der Waals surface area contributed by atoms with E-state index < -0.39 is 0 Å². The van der Waals surface area contributed by atoms with Crippen LogP contribution in [0.4, 0.5) is 0 Å². The Morgan fingerprint density at radius 1 is 1.75 bits per heavy atom. The van der Waals surface area contributed by atoms with Crippen molar-refractivity contribution in [1.29, 1.82) is 0 Å². The van der Waals surface area contributed by atoms with Gasteiger partial charge >= 0.3 is 0 Å². The molecule has 0 saturated heterocycles. The summed E-state index contributed by atoms with van der Waals surface area (Å²) in [7, 11) is 3.58. The van der Waals surface area contributed by atoms with E-state index in [1.54, 1.807) is 13.3 Å². The minimum Gasteiger partial charge on any atom is -0.482 e. The highest BCUT2D eigenvalue weighted by molar-refractivity contribution is 6.18. The molecule has 0 saturated carbocycles. The van der Waals surface area contributed by atoms with Crippen molar-refractivity contribution in [3.8, 4) is 0 Å². The number of nitrogens with zero attached hydrogens (tertiary/aromatic N) is 2. The number of rotatable bonds is 2. The zero-order valence-electron chi connectivity index (χ0n) is 7.54. The van der Waals surface area contributed by atoms with Gasteiger partial charge in [-0.25, -0.2) is 0 Å². The minimum absolute atomic E-state index is 0.00492. The van der Waals surface area contributed by atoms with Gasteiger partial charge in [0.25, 0.3) is 0 Å². The summed E-state index contributed by atoms with van der Waals surface area (Å²) in [5.41, 5.74) is 1.03. The predicted molar refractivity (Wildman–Crippen MR) is 50.5 cm³/mol. The first kappa shape index (κ1) is 9.39. The van der Waals surface area contributed by atoms with Gasteiger partial charge in [-0.3, -0.25) is 4.99 Å². The summed E-state index contributed by atoms with van der Waals surface area (Å²) in [6, 6.07) is 0. The highest BCUT2D eigenvalue weighted by Crippen LogP contribution is 2.17. The Hall–Kier alpha value is -0.700. The SMILES string of the molecule is COC1=C(C)C=NC(CCl)N1C. The topological polar surface area (TPSA) is 24.8 Å². The van der Waals surface area contributed by atoms with Crippen LogP contribution in [0.1, 0.15) is 6.92 Å². The summed E-state index contributed by atoms with van der Waals surface area (Å²) in [6.07, 6.45) is 1.80. The number of ether oxygens (including phenoxy) is 1. The summed E-state index contributed by atoms with van der Waals surface area (Å²) in [6.45, 7) is 1.96. The fourth-order valence-corrected chi connectivity index (χ4v) is 1.50. The van der Waals surface area contributed by atoms with Crippen molar-refractivity contribution < 1.29 is 4.74 Å². The molecule has 1 rings (SSSR count). The van der Waals surface area contributed by atoms with Gasteiger partial charge in [-0.1, -0.05) is 0 Å². The maximum atomic E-state index is 5.71. The second-order valence-electron chi connectivity index (χ2n) is 2.72. The van der Waals surface area contributed by atoms with Gasteiger partial charge < -0.3 is 9.64 Å². The molecule has 1 atom stereocenters. The number of hydrogen-bond donors (Lipinski definition) is 0. The summed E-state index contributed by atoms with van der Waals surface area (Å²) in [5, 5.41) is 0. The number of aliphatic imine (C=N–C) groups is 1. The van der Waals surface area contributed by atoms with Crippen LogP contribution in [0.15, 0.2) is 16.4 Å². The molecule has 0 aromatic heterocycles. The fraction of sp³-hybridized carbons (Fsp3) is 0.625. The van der Waals surface area contributed by atoms with Gasteiger partial charge in [-0.15, -0.1) is 11.6 Å². The smallest absolute Gasteiger partial charge is 0.195 e. The summed E-state index contributed by atoms with van der Waals surface area (Å²) in [4.78, 5) is 6.17. The maximum absolute atomic E-state index is 5.71. The van der Waals surface area contributed by atoms with E-state index in [2.05, 4.69) is 4.99 Å². The molecule has 0 radical (unpaired) electrons. The first-order valence-corrected chi connectivity index (χ1v) is 4.31. The molecule has 1 heterocycles. The third-order valence-corrected chi connectivity index (χ3v) is 2.15. The molecular formula is C8H13ClN2O. The normalized spacial score (nSPS) is 23.3. The van der Waals surface area contributed by atoms with E-state index in [1.807, 2.05) is 18.9 Å². The molecule has 1 aliphatic rings. The fourth-order valence-electron chi connectivity index (χ4n) is 1.21. The molecule has 1 aliphatic heterocycles. The van der Waals surface area contributed by atoms with Gasteiger partial charge in [-0.05, 0) is 6.92 Å². The van der Waals surface area contributed by atoms with Crippen molar-refractivity contribution in [3.63, 3.8) is 0 Å². The number of alkyl halides is 1. The van der Waals surface area contributed by atoms with Gasteiger partial charge in [0.2, 0.25) is 0 Å². The van der Waals surface area contributed by atoms with Crippen molar-refractivity contribution in [1.82, 2.24) is 4.90 Å². The van der Waals surface area contributed by atoms with E-state index in [-0.39, 0.29) is 6.17 Å². The predicted octanol–water partition coefficient (Wildman–Crippen LogP) is 1.45. The van der Waals surface area contributed by atoms with E-state index in [4.69, 9.17) is 16.3 Å². The highest BCUT2D eigenvalue weighted by atomic mass is 35.5. The zero-order chi connectivity index (χ0) is 9.14. The zero-order valence-corrected chi connectivity index (χ0v) is 8.30. The van der Waals surface area contributed by atoms with E-state index in [9.17, 15) is 0 Å². The molecule has 1 unspecified atom stereocenters. The summed E-state index contributed by atoms with van der Waals surface area (Å²) >= 11 is 5.71. The van der Waals surface area contributed by atoms with Gasteiger partial charge in [0.05, 0.1) is 13.0 Å². The lowest BCUT2D eigenvalue weighted by molar-refractivity contribution is 0.144. The molecule has 4 heteroatoms. The molecule has 0 aromatic carbocycles. The van der Waals surface area contributed by atoms with Crippen molar-refractivity contribution in [2.45, 2.75) is 13.1 Å². The van der Waals surface area contributed by atoms with Crippen LogP contribution < -0.4 is 0 Å². The average Bonchev–Trinajstić information content (AvgIpc) is 2.06. The second kappa shape index (κ2) is 3.81. The van der Waals surface area contributed by atoms with Crippen molar-refractivity contribution in [3.05, 3.63) is 11.5 Å². The summed E-state index contributed by atoms with van der Waals surface area (Å²) < 4.78 is 5.20. The van der Waals surface area contributed by atoms with Crippen LogP contribution in [0.5, 0.6) is 0 Å². The number of halogens is 1. The van der Waals surface area contributed by atoms with Gasteiger partial charge in [-0.2, -0.15) is 0 Å². The van der Waals surface area contributed by atoms with E-state index in [1.165, 1.54) is 0 Å². The largest absolute Gasteiger partial charge is 0.482 e. The van der Waals surface area contributed by atoms with E-state index >= 15 is 0 Å². The first-order valence-electron chi connectivity index (χ1n) is 3.77. The Bertz CT molecular complexity index is 225. The van der Waals surface area contributed by atoms with Gasteiger partial charge in [0.1, 0.15) is 6.17 Å². The molecule has 0 amide bonds. The third-order valence-electron chi connectivity index (χ3n) is 1.88. The van der Waals surface area contributed by atoms with Crippen LogP contribution >= 0.6 is 11.6 Å². The van der Waals surface area contributed by atoms with Crippen LogP contribution in [0.2, 0.25) is 0 Å². The molecule has 12 heavy (non-hydrogen) atoms. The molecule has 68 valence electrons. The molecule has 0 aliphatic carbocycles. The average molecular weight is 189 g/mol. The van der Waals surface area contributed by atoms with Crippen molar-refractivity contribution in [2.24, 2.45) is 4.99 Å². The number of allylic oxidation sites excluding steroid dienone is 1. The molecule has 0 bridgehead atoms. The Kier molecular flexibility index (Phi) is 2.98. The quantitative estimate of drug-likeness (QED) is 0.613. The third kappa shape index (κ3) is 1.55. The lowest BCUT2D eigenvalue weighted by Crippen LogP contribution is -2.35. The Morgan fingerprint density at radius 3 is 2.92 bits per heavy atom. The van der Waals surface area contributed by atoms with Gasteiger partial charge in [0.15, 0.2) is 5.88 Å². The molecular weight excluding hydrogens is 176 g/mol. The molecule has 0 fully saturated rings. The summed E-state index contributed by atoms with van der Waals surface area (Å²) in [5.74, 6) is 1.32. The maximum Gasteiger partial charge on any atom is 0.195 e. The van der Waals surface area contributed by atoms with E-state index in [0.29, 0.717) is 5.88 Å². The second-order valence-corrected chi connectivity index (χ2v) is 3.02. The standard InChI is InChI=1S/C8H13ClN2O/c1-6-5-10-7(4-9)11(2)8(6)12-3/h5,7H,4H2,1-3H3. The minimum atomic E-state index is 0.00492. The highest BCUT2D eigenvalue weighted by Gasteiger charge is 2.20. The van der Waals surface area contributed by atoms with Crippen LogP contribution in [0.25, 0.3) is 0 Å². The van der Waals surface area contributed by atoms with Crippen molar-refractivity contribution in [2.75, 3.05) is 20.0 Å². The van der Waals surface area contributed by atoms with E-state index in [0.717, 1.165) is 11.5 Å². The molecule has 0 aromatic rings. The molecule has 0 N–H and O–H groups in total. The number of methoxy groups -OCH3 is 1. The monoisotopic (exact) mass is 188 g/mol. The lowest BCUT2D eigenvalue weighted by atomic mass is 10.3. The molecule has 0 spiro atoms. The Morgan fingerprint density at radius 2 is 2.42 bits per heavy atom. The lowest BCUT2D eigenvalue weighted by Gasteiger charge is -2.30. The van der Waals surface area contributed by atoms with Gasteiger partial charge in [0, 0.05) is 18.8 Å². The number of hydrogen-bond acceptors (Lipinski definition) is 3. The van der Waals surface area contributed by atoms with Crippen LogP contribution in [-0.4, -0.2) is 37.3 Å². The van der Waals surface area contributed by atoms with Crippen LogP contribution in [0.3, 0.4) is 0 Å². The Labute approximate surface area is 77.7 Å². The molecule has 3 nitrogen and oxygen atoms in total. The Balaban J connectivity index is 2.85. The van der Waals surface area contributed by atoms with Crippen LogP contribution in [0, 0.1) is 0 Å². The van der Waals surface area contributed by atoms with Crippen LogP contribution in [-0.2, 0) is 4.74 Å². The first-order chi connectivity index (χ1) is 5.70. The van der Waals surface area contributed by atoms with Crippen molar-refractivity contribution >= 4 is 17.8 Å².